The minimum Gasteiger partial charge on any atom is -0.496 e. The van der Waals surface area contributed by atoms with Crippen LogP contribution in [0.3, 0.4) is 0 Å². The number of rotatable bonds is 9. The van der Waals surface area contributed by atoms with Crippen molar-refractivity contribution in [2.24, 2.45) is 5.92 Å². The molecule has 3 nitrogen and oxygen atoms in total. The van der Waals surface area contributed by atoms with E-state index in [2.05, 4.69) is 54.2 Å². The average molecular weight is 344 g/mol. The quantitative estimate of drug-likeness (QED) is 0.682. The molecule has 1 rings (SSSR count). The highest BCUT2D eigenvalue weighted by Gasteiger charge is 2.07. The third kappa shape index (κ3) is 6.25. The van der Waals surface area contributed by atoms with Gasteiger partial charge in [-0.05, 0) is 52.9 Å². The first kappa shape index (κ1) is 17.5. The van der Waals surface area contributed by atoms with Gasteiger partial charge < -0.3 is 14.8 Å². The molecular formula is C16H26BrNO2. The highest BCUT2D eigenvalue weighted by Crippen LogP contribution is 2.27. The van der Waals surface area contributed by atoms with Crippen LogP contribution in [0.5, 0.6) is 5.75 Å². The molecule has 1 unspecified atom stereocenters. The zero-order valence-corrected chi connectivity index (χ0v) is 14.5. The van der Waals surface area contributed by atoms with E-state index in [-0.39, 0.29) is 0 Å². The number of methoxy groups -OCH3 is 1. The van der Waals surface area contributed by atoms with Gasteiger partial charge in [-0.2, -0.15) is 0 Å². The molecular weight excluding hydrogens is 318 g/mol. The first-order valence-corrected chi connectivity index (χ1v) is 7.98. The highest BCUT2D eigenvalue weighted by atomic mass is 79.9. The molecule has 1 N–H and O–H groups in total. The van der Waals surface area contributed by atoms with Crippen LogP contribution in [0.4, 0.5) is 0 Å². The van der Waals surface area contributed by atoms with Crippen LogP contribution in [0.25, 0.3) is 0 Å². The van der Waals surface area contributed by atoms with Crippen molar-refractivity contribution in [1.82, 2.24) is 5.32 Å². The zero-order valence-electron chi connectivity index (χ0n) is 12.9. The number of halogens is 1. The van der Waals surface area contributed by atoms with Crippen LogP contribution in [0.2, 0.25) is 0 Å². The number of hydrogen-bond acceptors (Lipinski definition) is 3. The van der Waals surface area contributed by atoms with Gasteiger partial charge in [-0.1, -0.05) is 19.9 Å². The van der Waals surface area contributed by atoms with Crippen LogP contribution < -0.4 is 10.1 Å². The summed E-state index contributed by atoms with van der Waals surface area (Å²) >= 11 is 3.51. The Labute approximate surface area is 131 Å². The largest absolute Gasteiger partial charge is 0.496 e. The molecule has 0 bridgehead atoms. The summed E-state index contributed by atoms with van der Waals surface area (Å²) in [5, 5.41) is 3.47. The van der Waals surface area contributed by atoms with E-state index in [4.69, 9.17) is 9.47 Å². The molecule has 0 aliphatic rings. The first-order valence-electron chi connectivity index (χ1n) is 7.19. The van der Waals surface area contributed by atoms with Gasteiger partial charge in [0.15, 0.2) is 0 Å². The molecule has 20 heavy (non-hydrogen) atoms. The minimum atomic E-state index is 0.297. The Morgan fingerprint density at radius 3 is 2.55 bits per heavy atom. The smallest absolute Gasteiger partial charge is 0.133 e. The maximum atomic E-state index is 5.60. The Morgan fingerprint density at radius 1 is 1.20 bits per heavy atom. The molecule has 0 saturated heterocycles. The molecule has 0 fully saturated rings. The Hall–Kier alpha value is -0.580. The molecule has 1 aromatic rings. The lowest BCUT2D eigenvalue weighted by molar-refractivity contribution is 0.123. The fourth-order valence-corrected chi connectivity index (χ4v) is 2.40. The van der Waals surface area contributed by atoms with Gasteiger partial charge >= 0.3 is 0 Å². The lowest BCUT2D eigenvalue weighted by atomic mass is 10.1. The van der Waals surface area contributed by atoms with Gasteiger partial charge in [-0.15, -0.1) is 0 Å². The van der Waals surface area contributed by atoms with E-state index in [1.807, 2.05) is 6.07 Å². The Bertz CT molecular complexity index is 396. The van der Waals surface area contributed by atoms with Crippen molar-refractivity contribution in [2.75, 3.05) is 26.9 Å². The zero-order chi connectivity index (χ0) is 15.0. The van der Waals surface area contributed by atoms with Gasteiger partial charge in [-0.25, -0.2) is 0 Å². The van der Waals surface area contributed by atoms with Crippen LogP contribution in [0.15, 0.2) is 22.7 Å². The van der Waals surface area contributed by atoms with E-state index < -0.39 is 0 Å². The van der Waals surface area contributed by atoms with Crippen LogP contribution in [-0.2, 0) is 4.74 Å². The van der Waals surface area contributed by atoms with Gasteiger partial charge in [-0.3, -0.25) is 0 Å². The predicted molar refractivity (Wildman–Crippen MR) is 87.4 cm³/mol. The summed E-state index contributed by atoms with van der Waals surface area (Å²) in [4.78, 5) is 0. The summed E-state index contributed by atoms with van der Waals surface area (Å²) in [5.41, 5.74) is 1.24. The molecule has 1 atom stereocenters. The lowest BCUT2D eigenvalue weighted by Crippen LogP contribution is -2.23. The molecule has 4 heteroatoms. The van der Waals surface area contributed by atoms with E-state index >= 15 is 0 Å². The normalized spacial score (nSPS) is 12.7. The number of benzene rings is 1. The summed E-state index contributed by atoms with van der Waals surface area (Å²) in [6.45, 7) is 9.05. The van der Waals surface area contributed by atoms with E-state index in [0.717, 1.165) is 36.4 Å². The Balaban J connectivity index is 2.29. The van der Waals surface area contributed by atoms with Gasteiger partial charge in [0.25, 0.3) is 0 Å². The minimum absolute atomic E-state index is 0.297. The second kappa shape index (κ2) is 9.37. The van der Waals surface area contributed by atoms with Gasteiger partial charge in [0.05, 0.1) is 18.2 Å². The van der Waals surface area contributed by atoms with E-state index in [1.165, 1.54) is 5.56 Å². The molecule has 0 saturated carbocycles. The topological polar surface area (TPSA) is 30.5 Å². The highest BCUT2D eigenvalue weighted by molar-refractivity contribution is 9.10. The third-order valence-corrected chi connectivity index (χ3v) is 3.83. The third-order valence-electron chi connectivity index (χ3n) is 3.21. The molecule has 0 radical (unpaired) electrons. The van der Waals surface area contributed by atoms with Crippen molar-refractivity contribution in [2.45, 2.75) is 33.2 Å². The maximum absolute atomic E-state index is 5.60. The lowest BCUT2D eigenvalue weighted by Gasteiger charge is -2.16. The van der Waals surface area contributed by atoms with E-state index in [1.54, 1.807) is 7.11 Å². The van der Waals surface area contributed by atoms with Gasteiger partial charge in [0.1, 0.15) is 5.75 Å². The SMILES string of the molecule is COc1ccc(C(C)NCCOCCC(C)C)cc1Br. The molecule has 0 spiro atoms. The monoisotopic (exact) mass is 343 g/mol. The van der Waals surface area contributed by atoms with Crippen molar-refractivity contribution < 1.29 is 9.47 Å². The summed E-state index contributed by atoms with van der Waals surface area (Å²) < 4.78 is 11.8. The average Bonchev–Trinajstić information content (AvgIpc) is 2.42. The van der Waals surface area contributed by atoms with Crippen molar-refractivity contribution >= 4 is 15.9 Å². The fourth-order valence-electron chi connectivity index (χ4n) is 1.84. The summed E-state index contributed by atoms with van der Waals surface area (Å²) in [7, 11) is 1.68. The second-order valence-corrected chi connectivity index (χ2v) is 6.22. The van der Waals surface area contributed by atoms with E-state index in [9.17, 15) is 0 Å². The van der Waals surface area contributed by atoms with Crippen LogP contribution >= 0.6 is 15.9 Å². The predicted octanol–water partition coefficient (Wildman–Crippen LogP) is 4.17. The van der Waals surface area contributed by atoms with Crippen molar-refractivity contribution in [3.8, 4) is 5.75 Å². The summed E-state index contributed by atoms with van der Waals surface area (Å²) in [6.07, 6.45) is 1.13. The fraction of sp³-hybridized carbons (Fsp3) is 0.625. The van der Waals surface area contributed by atoms with Crippen LogP contribution in [-0.4, -0.2) is 26.9 Å². The first-order chi connectivity index (χ1) is 9.54. The molecule has 0 aromatic heterocycles. The van der Waals surface area contributed by atoms with Crippen LogP contribution in [0.1, 0.15) is 38.8 Å². The Kier molecular flexibility index (Phi) is 8.19. The van der Waals surface area contributed by atoms with Gasteiger partial charge in [0.2, 0.25) is 0 Å². The number of nitrogens with one attached hydrogen (secondary N) is 1. The molecule has 0 amide bonds. The molecule has 114 valence electrons. The summed E-state index contributed by atoms with van der Waals surface area (Å²) in [5.74, 6) is 1.57. The van der Waals surface area contributed by atoms with Crippen molar-refractivity contribution in [3.05, 3.63) is 28.2 Å². The second-order valence-electron chi connectivity index (χ2n) is 5.36. The van der Waals surface area contributed by atoms with Gasteiger partial charge in [0, 0.05) is 19.2 Å². The van der Waals surface area contributed by atoms with E-state index in [0.29, 0.717) is 12.0 Å². The van der Waals surface area contributed by atoms with Crippen molar-refractivity contribution in [1.29, 1.82) is 0 Å². The molecule has 1 aromatic carbocycles. The van der Waals surface area contributed by atoms with Crippen molar-refractivity contribution in [3.63, 3.8) is 0 Å². The maximum Gasteiger partial charge on any atom is 0.133 e. The number of ether oxygens (including phenoxy) is 2. The molecule has 0 heterocycles. The Morgan fingerprint density at radius 2 is 1.95 bits per heavy atom. The summed E-state index contributed by atoms with van der Waals surface area (Å²) in [6, 6.07) is 6.46. The molecule has 0 aliphatic carbocycles. The van der Waals surface area contributed by atoms with Crippen LogP contribution in [0, 0.1) is 5.92 Å². The number of hydrogen-bond donors (Lipinski definition) is 1. The standard InChI is InChI=1S/C16H26BrNO2/c1-12(2)7-9-20-10-8-18-13(3)14-5-6-16(19-4)15(17)11-14/h5-6,11-13,18H,7-10H2,1-4H3. The molecule has 0 aliphatic heterocycles.